The van der Waals surface area contributed by atoms with E-state index in [0.29, 0.717) is 0 Å². The molecule has 0 unspecified atom stereocenters. The van der Waals surface area contributed by atoms with Crippen LogP contribution in [0.2, 0.25) is 0 Å². The largest absolute Gasteiger partial charge is 0.455 e. The zero-order chi connectivity index (χ0) is 20.9. The highest BCUT2D eigenvalue weighted by molar-refractivity contribution is 9.10. The molecule has 5 aromatic carbocycles. The Morgan fingerprint density at radius 2 is 1.06 bits per heavy atom. The Labute approximate surface area is 196 Å². The van der Waals surface area contributed by atoms with Gasteiger partial charge >= 0.3 is 0 Å². The molecule has 0 amide bonds. The zero-order valence-electron chi connectivity index (χ0n) is 16.4. The molecule has 0 N–H and O–H groups in total. The second-order valence-electron chi connectivity index (χ2n) is 7.62. The molecule has 0 saturated heterocycles. The normalized spacial score (nSPS) is 11.5. The summed E-state index contributed by atoms with van der Waals surface area (Å²) in [5.41, 5.74) is 4.29. The molecular formula is C28H16Br2O. The quantitative estimate of drug-likeness (QED) is 0.204. The van der Waals surface area contributed by atoms with Crippen molar-refractivity contribution in [3.05, 3.63) is 106 Å². The number of furan rings is 1. The fourth-order valence-corrected chi connectivity index (χ4v) is 5.17. The summed E-state index contributed by atoms with van der Waals surface area (Å²) in [4.78, 5) is 0. The standard InChI is InChI=1S/C28H16Br2O/c29-19-11-13-21-23(15-19)24-16-20(30)12-14-22(24)28-26(21)25(17-7-3-1-4-8-17)27(31-28)18-9-5-2-6-10-18/h1-16H. The molecule has 0 aliphatic heterocycles. The molecule has 0 spiro atoms. The summed E-state index contributed by atoms with van der Waals surface area (Å²) in [6.45, 7) is 0. The zero-order valence-corrected chi connectivity index (χ0v) is 19.6. The first-order valence-electron chi connectivity index (χ1n) is 10.1. The molecule has 6 rings (SSSR count). The second-order valence-corrected chi connectivity index (χ2v) is 9.45. The van der Waals surface area contributed by atoms with Crippen LogP contribution in [0.25, 0.3) is 55.0 Å². The van der Waals surface area contributed by atoms with E-state index < -0.39 is 0 Å². The average Bonchev–Trinajstić information content (AvgIpc) is 3.21. The third kappa shape index (κ3) is 3.03. The number of halogens is 2. The van der Waals surface area contributed by atoms with Gasteiger partial charge in [0.2, 0.25) is 0 Å². The first-order chi connectivity index (χ1) is 15.2. The number of benzene rings is 5. The van der Waals surface area contributed by atoms with Gasteiger partial charge in [-0.2, -0.15) is 0 Å². The fraction of sp³-hybridized carbons (Fsp3) is 0. The van der Waals surface area contributed by atoms with Gasteiger partial charge in [-0.15, -0.1) is 0 Å². The third-order valence-corrected chi connectivity index (χ3v) is 6.76. The topological polar surface area (TPSA) is 13.1 Å². The summed E-state index contributed by atoms with van der Waals surface area (Å²) in [6, 6.07) is 33.8. The summed E-state index contributed by atoms with van der Waals surface area (Å²) in [7, 11) is 0. The summed E-state index contributed by atoms with van der Waals surface area (Å²) < 4.78 is 8.82. The molecule has 3 heteroatoms. The average molecular weight is 528 g/mol. The van der Waals surface area contributed by atoms with Crippen LogP contribution in [-0.2, 0) is 0 Å². The van der Waals surface area contributed by atoms with E-state index in [0.717, 1.165) is 47.8 Å². The van der Waals surface area contributed by atoms with Gasteiger partial charge < -0.3 is 4.42 Å². The third-order valence-electron chi connectivity index (χ3n) is 5.77. The van der Waals surface area contributed by atoms with Crippen LogP contribution in [0.1, 0.15) is 0 Å². The summed E-state index contributed by atoms with van der Waals surface area (Å²) in [6.07, 6.45) is 0. The lowest BCUT2D eigenvalue weighted by molar-refractivity contribution is 0.636. The van der Waals surface area contributed by atoms with Gasteiger partial charge in [0.25, 0.3) is 0 Å². The predicted molar refractivity (Wildman–Crippen MR) is 137 cm³/mol. The molecule has 0 aliphatic rings. The smallest absolute Gasteiger partial charge is 0.143 e. The predicted octanol–water partition coefficient (Wildman–Crippen LogP) is 9.60. The first kappa shape index (κ1) is 18.9. The number of hydrogen-bond acceptors (Lipinski definition) is 1. The van der Waals surface area contributed by atoms with Crippen molar-refractivity contribution < 1.29 is 4.42 Å². The maximum atomic E-state index is 6.70. The number of hydrogen-bond donors (Lipinski definition) is 0. The molecule has 1 heterocycles. The SMILES string of the molecule is Brc1ccc2c(c1)c1cc(Br)ccc1c1c(-c3ccccc3)c(-c3ccccc3)oc21. The van der Waals surface area contributed by atoms with Crippen LogP contribution < -0.4 is 0 Å². The van der Waals surface area contributed by atoms with Gasteiger partial charge in [0.05, 0.1) is 0 Å². The maximum absolute atomic E-state index is 6.70. The Morgan fingerprint density at radius 3 is 1.71 bits per heavy atom. The molecule has 31 heavy (non-hydrogen) atoms. The van der Waals surface area contributed by atoms with Crippen molar-refractivity contribution in [3.8, 4) is 22.5 Å². The monoisotopic (exact) mass is 526 g/mol. The highest BCUT2D eigenvalue weighted by Crippen LogP contribution is 2.47. The lowest BCUT2D eigenvalue weighted by Gasteiger charge is -2.09. The molecule has 0 atom stereocenters. The molecule has 148 valence electrons. The molecule has 0 radical (unpaired) electrons. The van der Waals surface area contributed by atoms with Gasteiger partial charge in [0, 0.05) is 30.8 Å². The van der Waals surface area contributed by atoms with E-state index >= 15 is 0 Å². The minimum absolute atomic E-state index is 0.904. The highest BCUT2D eigenvalue weighted by atomic mass is 79.9. The van der Waals surface area contributed by atoms with Crippen LogP contribution in [-0.4, -0.2) is 0 Å². The van der Waals surface area contributed by atoms with Gasteiger partial charge in [-0.25, -0.2) is 0 Å². The van der Waals surface area contributed by atoms with E-state index in [1.807, 2.05) is 6.07 Å². The maximum Gasteiger partial charge on any atom is 0.143 e. The molecular weight excluding hydrogens is 512 g/mol. The van der Waals surface area contributed by atoms with Crippen molar-refractivity contribution in [2.24, 2.45) is 0 Å². The van der Waals surface area contributed by atoms with Gasteiger partial charge in [-0.05, 0) is 52.1 Å². The number of rotatable bonds is 2. The van der Waals surface area contributed by atoms with Crippen molar-refractivity contribution in [2.75, 3.05) is 0 Å². The Bertz CT molecular complexity index is 1580. The minimum atomic E-state index is 0.904. The molecule has 6 aromatic rings. The van der Waals surface area contributed by atoms with Gasteiger partial charge in [0.15, 0.2) is 0 Å². The molecule has 1 nitrogen and oxygen atoms in total. The highest BCUT2D eigenvalue weighted by Gasteiger charge is 2.22. The molecule has 1 aromatic heterocycles. The molecule has 0 aliphatic carbocycles. The van der Waals surface area contributed by atoms with E-state index in [1.54, 1.807) is 0 Å². The van der Waals surface area contributed by atoms with Crippen molar-refractivity contribution in [3.63, 3.8) is 0 Å². The van der Waals surface area contributed by atoms with Gasteiger partial charge in [0.1, 0.15) is 11.3 Å². The van der Waals surface area contributed by atoms with Crippen molar-refractivity contribution in [1.82, 2.24) is 0 Å². The molecule has 0 bridgehead atoms. The van der Waals surface area contributed by atoms with Gasteiger partial charge in [-0.3, -0.25) is 0 Å². The Balaban J connectivity index is 1.89. The minimum Gasteiger partial charge on any atom is -0.455 e. The lowest BCUT2D eigenvalue weighted by atomic mass is 9.92. The summed E-state index contributed by atoms with van der Waals surface area (Å²) >= 11 is 7.32. The van der Waals surface area contributed by atoms with Crippen LogP contribution >= 0.6 is 31.9 Å². The van der Waals surface area contributed by atoms with Crippen molar-refractivity contribution in [1.29, 1.82) is 0 Å². The number of fused-ring (bicyclic) bond motifs is 6. The van der Waals surface area contributed by atoms with Crippen LogP contribution in [0.4, 0.5) is 0 Å². The Hall–Kier alpha value is -2.88. The molecule has 0 fully saturated rings. The van der Waals surface area contributed by atoms with Gasteiger partial charge in [-0.1, -0.05) is 98.6 Å². The first-order valence-corrected chi connectivity index (χ1v) is 11.7. The van der Waals surface area contributed by atoms with Crippen LogP contribution in [0.3, 0.4) is 0 Å². The van der Waals surface area contributed by atoms with Crippen LogP contribution in [0, 0.1) is 0 Å². The van der Waals surface area contributed by atoms with E-state index in [-0.39, 0.29) is 0 Å². The summed E-state index contributed by atoms with van der Waals surface area (Å²) in [5.74, 6) is 0.904. The Kier molecular flexibility index (Phi) is 4.48. The van der Waals surface area contributed by atoms with E-state index in [1.165, 1.54) is 16.2 Å². The second kappa shape index (κ2) is 7.37. The fourth-order valence-electron chi connectivity index (χ4n) is 4.45. The lowest BCUT2D eigenvalue weighted by Crippen LogP contribution is -1.84. The van der Waals surface area contributed by atoms with E-state index in [2.05, 4.69) is 123 Å². The van der Waals surface area contributed by atoms with Crippen molar-refractivity contribution in [2.45, 2.75) is 0 Å². The Morgan fingerprint density at radius 1 is 0.516 bits per heavy atom. The van der Waals surface area contributed by atoms with E-state index in [4.69, 9.17) is 4.42 Å². The summed E-state index contributed by atoms with van der Waals surface area (Å²) in [5, 5.41) is 5.83. The van der Waals surface area contributed by atoms with E-state index in [9.17, 15) is 0 Å². The molecule has 0 saturated carbocycles. The van der Waals surface area contributed by atoms with Crippen LogP contribution in [0.5, 0.6) is 0 Å². The van der Waals surface area contributed by atoms with Crippen molar-refractivity contribution >= 4 is 64.4 Å². The van der Waals surface area contributed by atoms with Crippen LogP contribution in [0.15, 0.2) is 110 Å².